The van der Waals surface area contributed by atoms with Crippen molar-refractivity contribution in [2.75, 3.05) is 14.2 Å². The molecule has 7 heteroatoms. The molecule has 0 N–H and O–H groups in total. The average Bonchev–Trinajstić information content (AvgIpc) is 2.53. The quantitative estimate of drug-likeness (QED) is 0.871. The zero-order valence-electron chi connectivity index (χ0n) is 12.4. The molecule has 0 spiro atoms. The maximum absolute atomic E-state index is 13.8. The maximum Gasteiger partial charge on any atom is 0.274 e. The fraction of sp³-hybridized carbons (Fsp3) is 0.267. The van der Waals surface area contributed by atoms with Gasteiger partial charge in [-0.05, 0) is 19.1 Å². The Bertz CT molecular complexity index is 674. The van der Waals surface area contributed by atoms with Crippen molar-refractivity contribution in [3.8, 4) is 5.88 Å². The van der Waals surface area contributed by atoms with Gasteiger partial charge in [0.25, 0.3) is 5.91 Å². The van der Waals surface area contributed by atoms with Crippen molar-refractivity contribution in [2.24, 2.45) is 0 Å². The summed E-state index contributed by atoms with van der Waals surface area (Å²) in [5.74, 6) is -1.74. The first kappa shape index (κ1) is 15.8. The molecule has 0 aliphatic carbocycles. The molecule has 1 aromatic carbocycles. The Hall–Kier alpha value is -2.57. The second-order valence-corrected chi connectivity index (χ2v) is 4.67. The predicted molar refractivity (Wildman–Crippen MR) is 75.5 cm³/mol. The lowest BCUT2D eigenvalue weighted by Crippen LogP contribution is -2.31. The monoisotopic (exact) mass is 307 g/mol. The smallest absolute Gasteiger partial charge is 0.274 e. The summed E-state index contributed by atoms with van der Waals surface area (Å²) < 4.78 is 32.5. The number of benzene rings is 1. The van der Waals surface area contributed by atoms with Crippen molar-refractivity contribution in [2.45, 2.75) is 13.0 Å². The summed E-state index contributed by atoms with van der Waals surface area (Å²) in [5, 5.41) is 0. The van der Waals surface area contributed by atoms with Crippen LogP contribution in [-0.4, -0.2) is 34.9 Å². The van der Waals surface area contributed by atoms with Crippen LogP contribution in [0.5, 0.6) is 5.88 Å². The normalized spacial score (nSPS) is 11.9. The van der Waals surface area contributed by atoms with Gasteiger partial charge in [0.15, 0.2) is 5.69 Å². The number of rotatable bonds is 4. The summed E-state index contributed by atoms with van der Waals surface area (Å²) in [6.07, 6.45) is 2.63. The van der Waals surface area contributed by atoms with Crippen LogP contribution in [0.1, 0.15) is 29.0 Å². The Morgan fingerprint density at radius 3 is 2.50 bits per heavy atom. The number of carbonyl (C=O) groups is 1. The minimum Gasteiger partial charge on any atom is -0.480 e. The van der Waals surface area contributed by atoms with Crippen LogP contribution in [0, 0.1) is 11.6 Å². The molecule has 0 saturated heterocycles. The molecule has 1 atom stereocenters. The highest BCUT2D eigenvalue weighted by molar-refractivity contribution is 5.92. The van der Waals surface area contributed by atoms with Gasteiger partial charge in [0.2, 0.25) is 5.88 Å². The number of halogens is 2. The van der Waals surface area contributed by atoms with E-state index in [4.69, 9.17) is 4.74 Å². The van der Waals surface area contributed by atoms with E-state index in [1.807, 2.05) is 0 Å². The van der Waals surface area contributed by atoms with E-state index in [0.717, 1.165) is 12.1 Å². The van der Waals surface area contributed by atoms with Gasteiger partial charge in [-0.3, -0.25) is 9.78 Å². The fourth-order valence-corrected chi connectivity index (χ4v) is 2.01. The number of carbonyl (C=O) groups excluding carboxylic acids is 1. The van der Waals surface area contributed by atoms with Crippen LogP contribution in [0.4, 0.5) is 8.78 Å². The Kier molecular flexibility index (Phi) is 4.65. The number of hydrogen-bond acceptors (Lipinski definition) is 4. The largest absolute Gasteiger partial charge is 0.480 e. The summed E-state index contributed by atoms with van der Waals surface area (Å²) >= 11 is 0. The molecular weight excluding hydrogens is 292 g/mol. The summed E-state index contributed by atoms with van der Waals surface area (Å²) in [5.41, 5.74) is -0.139. The van der Waals surface area contributed by atoms with Crippen LogP contribution in [0.3, 0.4) is 0 Å². The first-order chi connectivity index (χ1) is 10.5. The summed E-state index contributed by atoms with van der Waals surface area (Å²) in [7, 11) is 2.85. The average molecular weight is 307 g/mol. The molecule has 5 nitrogen and oxygen atoms in total. The molecule has 1 aromatic heterocycles. The van der Waals surface area contributed by atoms with E-state index >= 15 is 0 Å². The van der Waals surface area contributed by atoms with E-state index in [1.165, 1.54) is 44.4 Å². The standard InChI is InChI=1S/C15H15F2N3O2/c1-9(14-10(16)5-4-6-11(14)17)20(2)15(21)12-7-18-8-13(19-12)22-3/h4-9H,1-3H3. The minimum atomic E-state index is -0.804. The highest BCUT2D eigenvalue weighted by Crippen LogP contribution is 2.25. The number of hydrogen-bond donors (Lipinski definition) is 0. The molecule has 0 fully saturated rings. The molecule has 0 aliphatic heterocycles. The second-order valence-electron chi connectivity index (χ2n) is 4.67. The molecular formula is C15H15F2N3O2. The molecule has 0 saturated carbocycles. The molecule has 22 heavy (non-hydrogen) atoms. The molecule has 2 rings (SSSR count). The number of nitrogens with zero attached hydrogens (tertiary/aromatic N) is 3. The molecule has 0 aliphatic rings. The lowest BCUT2D eigenvalue weighted by molar-refractivity contribution is 0.0730. The molecule has 0 bridgehead atoms. The van der Waals surface area contributed by atoms with Crippen molar-refractivity contribution in [1.29, 1.82) is 0 Å². The Labute approximate surface area is 126 Å². The van der Waals surface area contributed by atoms with Gasteiger partial charge in [-0.25, -0.2) is 13.8 Å². The van der Waals surface area contributed by atoms with Gasteiger partial charge in [-0.15, -0.1) is 0 Å². The van der Waals surface area contributed by atoms with Crippen LogP contribution in [0.2, 0.25) is 0 Å². The van der Waals surface area contributed by atoms with Gasteiger partial charge in [0.1, 0.15) is 11.6 Å². The van der Waals surface area contributed by atoms with Gasteiger partial charge in [-0.1, -0.05) is 6.07 Å². The van der Waals surface area contributed by atoms with Crippen LogP contribution in [0.15, 0.2) is 30.6 Å². The van der Waals surface area contributed by atoms with E-state index in [9.17, 15) is 13.6 Å². The third-order valence-electron chi connectivity index (χ3n) is 3.36. The Balaban J connectivity index is 2.30. The van der Waals surface area contributed by atoms with Crippen molar-refractivity contribution in [1.82, 2.24) is 14.9 Å². The molecule has 1 heterocycles. The van der Waals surface area contributed by atoms with E-state index < -0.39 is 23.6 Å². The molecule has 116 valence electrons. The second kappa shape index (κ2) is 6.46. The molecule has 2 aromatic rings. The lowest BCUT2D eigenvalue weighted by atomic mass is 10.1. The van der Waals surface area contributed by atoms with Crippen LogP contribution in [-0.2, 0) is 0 Å². The van der Waals surface area contributed by atoms with Crippen LogP contribution < -0.4 is 4.74 Å². The third-order valence-corrected chi connectivity index (χ3v) is 3.36. The van der Waals surface area contributed by atoms with E-state index in [2.05, 4.69) is 9.97 Å². The number of methoxy groups -OCH3 is 1. The predicted octanol–water partition coefficient (Wildman–Crippen LogP) is 2.60. The fourth-order valence-electron chi connectivity index (χ4n) is 2.01. The summed E-state index contributed by atoms with van der Waals surface area (Å²) in [6.45, 7) is 1.53. The van der Waals surface area contributed by atoms with E-state index in [1.54, 1.807) is 0 Å². The number of ether oxygens (including phenoxy) is 1. The van der Waals surface area contributed by atoms with Crippen molar-refractivity contribution < 1.29 is 18.3 Å². The van der Waals surface area contributed by atoms with Crippen molar-refractivity contribution in [3.63, 3.8) is 0 Å². The first-order valence-corrected chi connectivity index (χ1v) is 6.52. The highest BCUT2D eigenvalue weighted by Gasteiger charge is 2.25. The number of aromatic nitrogens is 2. The molecule has 1 amide bonds. The van der Waals surface area contributed by atoms with Crippen LogP contribution >= 0.6 is 0 Å². The Morgan fingerprint density at radius 2 is 1.91 bits per heavy atom. The molecule has 0 radical (unpaired) electrons. The van der Waals surface area contributed by atoms with Gasteiger partial charge in [0, 0.05) is 12.6 Å². The van der Waals surface area contributed by atoms with Gasteiger partial charge >= 0.3 is 0 Å². The topological polar surface area (TPSA) is 55.3 Å². The maximum atomic E-state index is 13.8. The number of amides is 1. The van der Waals surface area contributed by atoms with E-state index in [-0.39, 0.29) is 17.1 Å². The van der Waals surface area contributed by atoms with Crippen molar-refractivity contribution in [3.05, 3.63) is 53.5 Å². The lowest BCUT2D eigenvalue weighted by Gasteiger charge is -2.25. The zero-order chi connectivity index (χ0) is 16.3. The first-order valence-electron chi connectivity index (χ1n) is 6.52. The van der Waals surface area contributed by atoms with Gasteiger partial charge in [-0.2, -0.15) is 0 Å². The van der Waals surface area contributed by atoms with Crippen LogP contribution in [0.25, 0.3) is 0 Å². The zero-order valence-corrected chi connectivity index (χ0v) is 12.4. The highest BCUT2D eigenvalue weighted by atomic mass is 19.1. The minimum absolute atomic E-state index is 0.0328. The van der Waals surface area contributed by atoms with Gasteiger partial charge < -0.3 is 9.64 Å². The SMILES string of the molecule is COc1cncc(C(=O)N(C)C(C)c2c(F)cccc2F)n1. The van der Waals surface area contributed by atoms with E-state index in [0.29, 0.717) is 0 Å². The Morgan fingerprint density at radius 1 is 1.27 bits per heavy atom. The van der Waals surface area contributed by atoms with Gasteiger partial charge in [0.05, 0.1) is 25.5 Å². The third kappa shape index (κ3) is 3.03. The summed E-state index contributed by atoms with van der Waals surface area (Å²) in [6, 6.07) is 2.77. The van der Waals surface area contributed by atoms with Crippen molar-refractivity contribution >= 4 is 5.91 Å². The molecule has 1 unspecified atom stereocenters. The summed E-state index contributed by atoms with van der Waals surface area (Å²) in [4.78, 5) is 21.4.